The molecule has 0 saturated carbocycles. The Morgan fingerprint density at radius 2 is 1.75 bits per heavy atom. The Morgan fingerprint density at radius 1 is 1.00 bits per heavy atom. The summed E-state index contributed by atoms with van der Waals surface area (Å²) in [5, 5.41) is 3.29. The second-order valence-electron chi connectivity index (χ2n) is 5.10. The van der Waals surface area contributed by atoms with E-state index in [-0.39, 0.29) is 0 Å². The number of hydrogen-bond acceptors (Lipinski definition) is 2. The first-order valence-corrected chi connectivity index (χ1v) is 7.29. The molecule has 1 aromatic carbocycles. The van der Waals surface area contributed by atoms with Crippen LogP contribution in [0.3, 0.4) is 0 Å². The van der Waals surface area contributed by atoms with Crippen molar-refractivity contribution in [1.82, 2.24) is 5.32 Å². The van der Waals surface area contributed by atoms with Crippen molar-refractivity contribution in [3.8, 4) is 0 Å². The molecule has 0 bridgehead atoms. The van der Waals surface area contributed by atoms with Crippen LogP contribution in [0.25, 0.3) is 0 Å². The Balaban J connectivity index is 2.11. The molecule has 0 amide bonds. The number of rotatable bonds is 10. The lowest BCUT2D eigenvalue weighted by Gasteiger charge is -2.06. The Kier molecular flexibility index (Phi) is 8.38. The zero-order chi connectivity index (χ0) is 14.8. The van der Waals surface area contributed by atoms with Crippen molar-refractivity contribution in [2.24, 2.45) is 0 Å². The number of halogens is 2. The van der Waals surface area contributed by atoms with Crippen LogP contribution in [0.1, 0.15) is 36.8 Å². The van der Waals surface area contributed by atoms with Crippen LogP contribution in [-0.4, -0.2) is 26.8 Å². The van der Waals surface area contributed by atoms with Gasteiger partial charge in [0.1, 0.15) is 11.6 Å². The number of hydrogen-bond donors (Lipinski definition) is 1. The van der Waals surface area contributed by atoms with Crippen LogP contribution < -0.4 is 5.32 Å². The topological polar surface area (TPSA) is 21.3 Å². The van der Waals surface area contributed by atoms with Crippen molar-refractivity contribution in [2.75, 3.05) is 26.8 Å². The van der Waals surface area contributed by atoms with E-state index in [1.165, 1.54) is 0 Å². The van der Waals surface area contributed by atoms with E-state index in [9.17, 15) is 8.78 Å². The van der Waals surface area contributed by atoms with Crippen molar-refractivity contribution in [3.05, 3.63) is 34.9 Å². The van der Waals surface area contributed by atoms with Gasteiger partial charge in [0, 0.05) is 19.7 Å². The van der Waals surface area contributed by atoms with Gasteiger partial charge in [-0.1, -0.05) is 18.9 Å². The highest BCUT2D eigenvalue weighted by Gasteiger charge is 2.06. The lowest BCUT2D eigenvalue weighted by atomic mass is 10.0. The molecule has 2 nitrogen and oxygen atoms in total. The highest BCUT2D eigenvalue weighted by Crippen LogP contribution is 2.16. The van der Waals surface area contributed by atoms with E-state index in [1.807, 2.05) is 0 Å². The summed E-state index contributed by atoms with van der Waals surface area (Å²) in [5.74, 6) is -0.886. The third kappa shape index (κ3) is 6.44. The van der Waals surface area contributed by atoms with Crippen LogP contribution in [0.4, 0.5) is 8.78 Å². The Hall–Kier alpha value is -1.00. The van der Waals surface area contributed by atoms with Crippen molar-refractivity contribution in [1.29, 1.82) is 0 Å². The largest absolute Gasteiger partial charge is 0.383 e. The van der Waals surface area contributed by atoms with Gasteiger partial charge in [0.25, 0.3) is 0 Å². The molecular weight excluding hydrogens is 260 g/mol. The van der Waals surface area contributed by atoms with Crippen LogP contribution in [0.15, 0.2) is 12.1 Å². The second kappa shape index (κ2) is 9.83. The molecule has 0 spiro atoms. The third-order valence-corrected chi connectivity index (χ3v) is 3.36. The monoisotopic (exact) mass is 285 g/mol. The number of methoxy groups -OCH3 is 1. The van der Waals surface area contributed by atoms with E-state index in [0.717, 1.165) is 51.4 Å². The van der Waals surface area contributed by atoms with Gasteiger partial charge in [-0.3, -0.25) is 0 Å². The molecule has 0 saturated heterocycles. The van der Waals surface area contributed by atoms with Gasteiger partial charge in [0.2, 0.25) is 0 Å². The van der Waals surface area contributed by atoms with Gasteiger partial charge in [0.05, 0.1) is 6.61 Å². The fraction of sp³-hybridized carbons (Fsp3) is 0.625. The fourth-order valence-corrected chi connectivity index (χ4v) is 2.13. The molecule has 0 aliphatic heterocycles. The Morgan fingerprint density at radius 3 is 2.50 bits per heavy atom. The van der Waals surface area contributed by atoms with Crippen LogP contribution in [-0.2, 0) is 11.2 Å². The van der Waals surface area contributed by atoms with E-state index in [1.54, 1.807) is 20.1 Å². The predicted molar refractivity (Wildman–Crippen MR) is 78.0 cm³/mol. The zero-order valence-electron chi connectivity index (χ0n) is 12.5. The molecule has 0 aliphatic rings. The number of nitrogens with one attached hydrogen (secondary N) is 1. The first-order valence-electron chi connectivity index (χ1n) is 7.29. The maximum atomic E-state index is 13.5. The van der Waals surface area contributed by atoms with Crippen molar-refractivity contribution in [3.63, 3.8) is 0 Å². The number of aryl methyl sites for hydroxylation is 2. The quantitative estimate of drug-likeness (QED) is 0.663. The highest BCUT2D eigenvalue weighted by atomic mass is 19.1. The van der Waals surface area contributed by atoms with Crippen molar-refractivity contribution in [2.45, 2.75) is 39.0 Å². The molecule has 1 N–H and O–H groups in total. The average Bonchev–Trinajstić information content (AvgIpc) is 2.42. The third-order valence-electron chi connectivity index (χ3n) is 3.36. The summed E-state index contributed by atoms with van der Waals surface area (Å²) < 4.78 is 31.6. The molecule has 0 radical (unpaired) electrons. The Bertz CT molecular complexity index is 396. The number of ether oxygens (including phenoxy) is 1. The molecule has 0 heterocycles. The summed E-state index contributed by atoms with van der Waals surface area (Å²) in [4.78, 5) is 0. The first-order chi connectivity index (χ1) is 9.65. The molecule has 114 valence electrons. The fourth-order valence-electron chi connectivity index (χ4n) is 2.13. The summed E-state index contributed by atoms with van der Waals surface area (Å²) in [6, 6.07) is 2.61. The molecule has 0 atom stereocenters. The number of unbranched alkanes of at least 4 members (excludes halogenated alkanes) is 3. The van der Waals surface area contributed by atoms with Crippen LogP contribution in [0.2, 0.25) is 0 Å². The highest BCUT2D eigenvalue weighted by molar-refractivity contribution is 5.25. The van der Waals surface area contributed by atoms with Gasteiger partial charge in [0.15, 0.2) is 0 Å². The average molecular weight is 285 g/mol. The SMILES string of the molecule is COCCNCCCCCCc1cc(C)c(F)cc1F. The lowest BCUT2D eigenvalue weighted by molar-refractivity contribution is 0.199. The smallest absolute Gasteiger partial charge is 0.129 e. The van der Waals surface area contributed by atoms with Gasteiger partial charge >= 0.3 is 0 Å². The first kappa shape index (κ1) is 17.1. The second-order valence-corrected chi connectivity index (χ2v) is 5.10. The van der Waals surface area contributed by atoms with Crippen molar-refractivity contribution < 1.29 is 13.5 Å². The standard InChI is InChI=1S/C16H25F2NO/c1-13-11-14(16(18)12-15(13)17)7-5-3-4-6-8-19-9-10-20-2/h11-12,19H,3-10H2,1-2H3. The summed E-state index contributed by atoms with van der Waals surface area (Å²) >= 11 is 0. The minimum atomic E-state index is -0.464. The summed E-state index contributed by atoms with van der Waals surface area (Å²) in [6.45, 7) is 4.29. The van der Waals surface area contributed by atoms with Gasteiger partial charge in [-0.05, 0) is 43.9 Å². The molecule has 1 aromatic rings. The van der Waals surface area contributed by atoms with Crippen LogP contribution >= 0.6 is 0 Å². The Labute approximate surface area is 120 Å². The van der Waals surface area contributed by atoms with Gasteiger partial charge in [-0.25, -0.2) is 8.78 Å². The minimum Gasteiger partial charge on any atom is -0.383 e. The molecule has 1 rings (SSSR count). The van der Waals surface area contributed by atoms with E-state index >= 15 is 0 Å². The molecule has 0 aromatic heterocycles. The van der Waals surface area contributed by atoms with Gasteiger partial charge < -0.3 is 10.1 Å². The molecule has 20 heavy (non-hydrogen) atoms. The van der Waals surface area contributed by atoms with E-state index in [0.29, 0.717) is 17.5 Å². The number of benzene rings is 1. The van der Waals surface area contributed by atoms with E-state index in [4.69, 9.17) is 4.74 Å². The molecule has 0 fully saturated rings. The minimum absolute atomic E-state index is 0.422. The normalized spacial score (nSPS) is 11.0. The zero-order valence-corrected chi connectivity index (χ0v) is 12.5. The molecular formula is C16H25F2NO. The van der Waals surface area contributed by atoms with E-state index in [2.05, 4.69) is 5.32 Å². The van der Waals surface area contributed by atoms with Gasteiger partial charge in [-0.15, -0.1) is 0 Å². The van der Waals surface area contributed by atoms with Crippen LogP contribution in [0.5, 0.6) is 0 Å². The molecule has 4 heteroatoms. The maximum absolute atomic E-state index is 13.5. The maximum Gasteiger partial charge on any atom is 0.129 e. The molecule has 0 unspecified atom stereocenters. The summed E-state index contributed by atoms with van der Waals surface area (Å²) in [6.07, 6.45) is 4.95. The van der Waals surface area contributed by atoms with Gasteiger partial charge in [-0.2, -0.15) is 0 Å². The lowest BCUT2D eigenvalue weighted by Crippen LogP contribution is -2.20. The predicted octanol–water partition coefficient (Wildman–Crippen LogP) is 3.61. The van der Waals surface area contributed by atoms with Crippen molar-refractivity contribution >= 4 is 0 Å². The molecule has 0 aliphatic carbocycles. The van der Waals surface area contributed by atoms with E-state index < -0.39 is 11.6 Å². The summed E-state index contributed by atoms with van der Waals surface area (Å²) in [7, 11) is 1.69. The van der Waals surface area contributed by atoms with Crippen LogP contribution in [0, 0.1) is 18.6 Å². The summed E-state index contributed by atoms with van der Waals surface area (Å²) in [5.41, 5.74) is 1.14.